The minimum atomic E-state index is -0.617. The number of nitrogens with one attached hydrogen (secondary N) is 1. The fourth-order valence-electron chi connectivity index (χ4n) is 3.94. The van der Waals surface area contributed by atoms with E-state index in [2.05, 4.69) is 42.7 Å². The van der Waals surface area contributed by atoms with Crippen molar-refractivity contribution >= 4 is 24.0 Å². The predicted octanol–water partition coefficient (Wildman–Crippen LogP) is 6.89. The van der Waals surface area contributed by atoms with Crippen molar-refractivity contribution in [2.75, 3.05) is 52.8 Å². The number of morpholine rings is 1. The summed E-state index contributed by atoms with van der Waals surface area (Å²) in [5.41, 5.74) is 4.59. The number of carbonyl (C=O) groups is 1. The van der Waals surface area contributed by atoms with Gasteiger partial charge in [0.1, 0.15) is 11.9 Å². The van der Waals surface area contributed by atoms with E-state index in [1.54, 1.807) is 45.8 Å². The second-order valence-electron chi connectivity index (χ2n) is 9.75. The molecule has 0 aromatic heterocycles. The number of aryl methyl sites for hydroxylation is 1. The maximum atomic E-state index is 14.4. The highest BCUT2D eigenvalue weighted by Crippen LogP contribution is 2.22. The molecule has 1 aromatic rings. The molecule has 1 aromatic carbocycles. The van der Waals surface area contributed by atoms with Crippen LogP contribution >= 0.6 is 0 Å². The first-order valence-corrected chi connectivity index (χ1v) is 14.5. The number of ether oxygens (including phenoxy) is 2. The summed E-state index contributed by atoms with van der Waals surface area (Å²) >= 11 is 0. The molecule has 2 aliphatic rings. The van der Waals surface area contributed by atoms with Crippen LogP contribution < -0.4 is 5.32 Å². The molecule has 1 aliphatic carbocycles. The Labute approximate surface area is 252 Å². The number of anilines is 1. The first kappa shape index (κ1) is 36.4. The average Bonchev–Trinajstić information content (AvgIpc) is 3.17. The summed E-state index contributed by atoms with van der Waals surface area (Å²) in [4.78, 5) is 22.7. The maximum absolute atomic E-state index is 14.4. The van der Waals surface area contributed by atoms with Crippen LogP contribution in [0.25, 0.3) is 0 Å². The highest BCUT2D eigenvalue weighted by Gasteiger charge is 2.28. The number of carbonyl (C=O) groups excluding carboxylic acids is 1. The van der Waals surface area contributed by atoms with Gasteiger partial charge in [0.15, 0.2) is 0 Å². The third-order valence-electron chi connectivity index (χ3n) is 6.24. The van der Waals surface area contributed by atoms with Gasteiger partial charge in [-0.25, -0.2) is 4.39 Å². The van der Waals surface area contributed by atoms with Crippen molar-refractivity contribution in [3.63, 3.8) is 0 Å². The Morgan fingerprint density at radius 1 is 1.24 bits per heavy atom. The van der Waals surface area contributed by atoms with Crippen molar-refractivity contribution in [3.8, 4) is 0 Å². The van der Waals surface area contributed by atoms with E-state index >= 15 is 0 Å². The van der Waals surface area contributed by atoms with Crippen molar-refractivity contribution in [1.29, 1.82) is 0 Å². The molecule has 0 saturated carbocycles. The number of benzene rings is 1. The lowest BCUT2D eigenvalue weighted by molar-refractivity contribution is -0.132. The number of halogens is 1. The molecule has 1 saturated heterocycles. The van der Waals surface area contributed by atoms with Crippen LogP contribution in [-0.2, 0) is 20.7 Å². The van der Waals surface area contributed by atoms with Gasteiger partial charge >= 0.3 is 0 Å². The number of allylic oxidation sites excluding steroid dienone is 6. The molecule has 1 fully saturated rings. The largest absolute Gasteiger partial charge is 0.501 e. The molecule has 8 heteroatoms. The molecule has 0 spiro atoms. The van der Waals surface area contributed by atoms with Gasteiger partial charge in [-0.15, -0.1) is 0 Å². The molecule has 0 radical (unpaired) electrons. The molecule has 7 nitrogen and oxygen atoms in total. The molecule has 3 rings (SSSR count). The molecule has 1 N–H and O–H groups in total. The van der Waals surface area contributed by atoms with Crippen LogP contribution in [0.2, 0.25) is 0 Å². The highest BCUT2D eigenvalue weighted by molar-refractivity contribution is 5.95. The Morgan fingerprint density at radius 3 is 2.60 bits per heavy atom. The number of methoxy groups -OCH3 is 1. The lowest BCUT2D eigenvalue weighted by Crippen LogP contribution is -2.48. The number of rotatable bonds is 9. The van der Waals surface area contributed by atoms with Crippen LogP contribution in [0.4, 0.5) is 10.1 Å². The van der Waals surface area contributed by atoms with E-state index in [9.17, 15) is 9.18 Å². The number of aliphatic imine (C=N–C) groups is 2. The second-order valence-corrected chi connectivity index (χ2v) is 9.75. The summed E-state index contributed by atoms with van der Waals surface area (Å²) in [5.74, 6) is 0.231. The second kappa shape index (κ2) is 21.1. The topological polar surface area (TPSA) is 75.5 Å². The number of nitrogens with zero attached hydrogens (tertiary/aromatic N) is 3. The first-order chi connectivity index (χ1) is 20.3. The molecule has 1 aliphatic heterocycles. The van der Waals surface area contributed by atoms with Crippen molar-refractivity contribution in [2.45, 2.75) is 53.1 Å². The maximum Gasteiger partial charge on any atom is 0.254 e. The number of hydrogen-bond donors (Lipinski definition) is 1. The zero-order chi connectivity index (χ0) is 31.3. The Morgan fingerprint density at radius 2 is 1.98 bits per heavy atom. The van der Waals surface area contributed by atoms with Gasteiger partial charge in [0.2, 0.25) is 0 Å². The predicted molar refractivity (Wildman–Crippen MR) is 175 cm³/mol. The summed E-state index contributed by atoms with van der Waals surface area (Å²) < 4.78 is 25.3. The summed E-state index contributed by atoms with van der Waals surface area (Å²) in [5, 5.41) is 2.94. The SMILES string of the molecule is C=C/C(C)=C\C=NC.CCC.CCc1ccc(NC(=O)C2CN(CC3=CCC(OC)=CC=C3F)CCO2)cc1C=NC. The van der Waals surface area contributed by atoms with E-state index in [1.807, 2.05) is 42.2 Å². The fraction of sp³-hybridized carbons (Fsp3) is 0.441. The lowest BCUT2D eigenvalue weighted by Gasteiger charge is -2.32. The lowest BCUT2D eigenvalue weighted by atomic mass is 10.0. The minimum Gasteiger partial charge on any atom is -0.501 e. The summed E-state index contributed by atoms with van der Waals surface area (Å²) in [6.45, 7) is 13.8. The standard InChI is InChI=1S/C24H30FN3O3.C7H11N.C3H8/c1-4-17-5-7-20(13-19(17)14-26-2)27-24(29)23-16-28(11-12-31-23)15-18-6-8-21(30-3)9-10-22(18)25;1-4-7(2)5-6-8-3;1-3-2/h5-7,9-10,13-14,23H,4,8,11-12,15-16H2,1-3H3,(H,27,29);4-6H,1H2,2-3H3;3H2,1-2H3/b;7-5-,8-6?;. The highest BCUT2D eigenvalue weighted by atomic mass is 19.1. The molecular weight excluding hydrogens is 531 g/mol. The zero-order valence-electron chi connectivity index (χ0n) is 26.5. The van der Waals surface area contributed by atoms with Crippen LogP contribution in [0.15, 0.2) is 87.9 Å². The summed E-state index contributed by atoms with van der Waals surface area (Å²) in [6.07, 6.45) is 14.2. The smallest absolute Gasteiger partial charge is 0.254 e. The van der Waals surface area contributed by atoms with Gasteiger partial charge in [-0.3, -0.25) is 19.7 Å². The van der Waals surface area contributed by atoms with Gasteiger partial charge in [0.25, 0.3) is 5.91 Å². The van der Waals surface area contributed by atoms with E-state index in [1.165, 1.54) is 18.1 Å². The third kappa shape index (κ3) is 13.4. The molecule has 1 unspecified atom stereocenters. The minimum absolute atomic E-state index is 0.206. The number of hydrogen-bond acceptors (Lipinski definition) is 6. The van der Waals surface area contributed by atoms with Crippen LogP contribution in [0.1, 0.15) is 51.7 Å². The zero-order valence-corrected chi connectivity index (χ0v) is 26.5. The van der Waals surface area contributed by atoms with Crippen molar-refractivity contribution < 1.29 is 18.7 Å². The normalized spacial score (nSPS) is 17.6. The van der Waals surface area contributed by atoms with Gasteiger partial charge in [-0.1, -0.05) is 57.6 Å². The van der Waals surface area contributed by atoms with E-state index in [0.29, 0.717) is 49.7 Å². The number of amides is 1. The van der Waals surface area contributed by atoms with Gasteiger partial charge in [0.05, 0.1) is 19.5 Å². The molecule has 42 heavy (non-hydrogen) atoms. The van der Waals surface area contributed by atoms with Crippen molar-refractivity contribution in [2.24, 2.45) is 9.98 Å². The molecule has 1 amide bonds. The van der Waals surface area contributed by atoms with Gasteiger partial charge < -0.3 is 14.8 Å². The van der Waals surface area contributed by atoms with Crippen LogP contribution in [-0.4, -0.2) is 76.8 Å². The van der Waals surface area contributed by atoms with Gasteiger partial charge in [0, 0.05) is 58.3 Å². The Hall–Kier alpha value is -3.62. The first-order valence-electron chi connectivity index (χ1n) is 14.5. The van der Waals surface area contributed by atoms with Gasteiger partial charge in [-0.2, -0.15) is 0 Å². The monoisotopic (exact) mass is 580 g/mol. The van der Waals surface area contributed by atoms with E-state index in [0.717, 1.165) is 17.6 Å². The molecule has 230 valence electrons. The molecule has 0 bridgehead atoms. The van der Waals surface area contributed by atoms with E-state index in [4.69, 9.17) is 9.47 Å². The quantitative estimate of drug-likeness (QED) is 0.255. The summed E-state index contributed by atoms with van der Waals surface area (Å²) in [6, 6.07) is 5.80. The fourth-order valence-corrected chi connectivity index (χ4v) is 3.94. The van der Waals surface area contributed by atoms with Crippen LogP contribution in [0, 0.1) is 0 Å². The molecule has 1 heterocycles. The van der Waals surface area contributed by atoms with Crippen LogP contribution in [0.5, 0.6) is 0 Å². The van der Waals surface area contributed by atoms with Crippen molar-refractivity contribution in [1.82, 2.24) is 4.90 Å². The van der Waals surface area contributed by atoms with E-state index in [-0.39, 0.29) is 11.7 Å². The summed E-state index contributed by atoms with van der Waals surface area (Å²) in [7, 11) is 5.05. The Balaban J connectivity index is 0.000000684. The molecular formula is C34H49FN4O3. The molecule has 1 atom stereocenters. The third-order valence-corrected chi connectivity index (χ3v) is 6.24. The van der Waals surface area contributed by atoms with Crippen molar-refractivity contribution in [3.05, 3.63) is 89.0 Å². The van der Waals surface area contributed by atoms with Crippen LogP contribution in [0.3, 0.4) is 0 Å². The Kier molecular flexibility index (Phi) is 18.3. The van der Waals surface area contributed by atoms with E-state index < -0.39 is 6.10 Å². The van der Waals surface area contributed by atoms with Gasteiger partial charge in [-0.05, 0) is 60.4 Å². The average molecular weight is 581 g/mol. The Bertz CT molecular complexity index is 1180.